The number of carbonyl (C=O) groups excluding carboxylic acids is 1. The summed E-state index contributed by atoms with van der Waals surface area (Å²) in [6.45, 7) is 3.55. The van der Waals surface area contributed by atoms with Gasteiger partial charge in [-0.05, 0) is 31.4 Å². The highest BCUT2D eigenvalue weighted by Gasteiger charge is 2.31. The van der Waals surface area contributed by atoms with E-state index in [0.29, 0.717) is 23.9 Å². The fourth-order valence-electron chi connectivity index (χ4n) is 3.64. The summed E-state index contributed by atoms with van der Waals surface area (Å²) in [5.41, 5.74) is 13.8. The van der Waals surface area contributed by atoms with Gasteiger partial charge in [0, 0.05) is 24.2 Å². The first-order valence-electron chi connectivity index (χ1n) is 9.31. The van der Waals surface area contributed by atoms with Gasteiger partial charge in [0.1, 0.15) is 17.5 Å². The lowest BCUT2D eigenvalue weighted by atomic mass is 10.1. The Morgan fingerprint density at radius 3 is 2.82 bits per heavy atom. The fourth-order valence-corrected chi connectivity index (χ4v) is 3.83. The lowest BCUT2D eigenvalue weighted by molar-refractivity contribution is 0.0516. The number of carbonyl (C=O) groups is 1. The topological polar surface area (TPSA) is 110 Å². The van der Waals surface area contributed by atoms with E-state index < -0.39 is 5.97 Å². The van der Waals surface area contributed by atoms with E-state index in [-0.39, 0.29) is 29.6 Å². The summed E-state index contributed by atoms with van der Waals surface area (Å²) in [5, 5.41) is 10.4. The zero-order valence-electron chi connectivity index (χ0n) is 15.8. The molecule has 4 N–H and O–H groups in total. The largest absolute Gasteiger partial charge is 0.461 e. The molecule has 0 spiro atoms. The van der Waals surface area contributed by atoms with Gasteiger partial charge in [0.15, 0.2) is 5.69 Å². The van der Waals surface area contributed by atoms with Crippen molar-refractivity contribution in [1.29, 1.82) is 5.26 Å². The van der Waals surface area contributed by atoms with Crippen molar-refractivity contribution in [1.82, 2.24) is 4.57 Å². The van der Waals surface area contributed by atoms with Gasteiger partial charge in [-0.25, -0.2) is 4.79 Å². The molecular weight excluding hydrogens is 378 g/mol. The molecule has 1 aliphatic rings. The van der Waals surface area contributed by atoms with Crippen LogP contribution in [0.3, 0.4) is 0 Å². The number of rotatable bonds is 5. The van der Waals surface area contributed by atoms with Crippen LogP contribution in [0.1, 0.15) is 41.4 Å². The van der Waals surface area contributed by atoms with Crippen LogP contribution in [0.15, 0.2) is 24.3 Å². The summed E-state index contributed by atoms with van der Waals surface area (Å²) in [4.78, 5) is 14.7. The minimum Gasteiger partial charge on any atom is -0.461 e. The van der Waals surface area contributed by atoms with Crippen molar-refractivity contribution in [3.8, 4) is 6.07 Å². The molecule has 0 radical (unpaired) electrons. The number of hydrogen-bond acceptors (Lipinski definition) is 6. The summed E-state index contributed by atoms with van der Waals surface area (Å²) < 4.78 is 6.95. The number of anilines is 2. The molecule has 0 amide bonds. The van der Waals surface area contributed by atoms with Crippen LogP contribution in [-0.4, -0.2) is 36.3 Å². The Balaban J connectivity index is 2.18. The van der Waals surface area contributed by atoms with Crippen molar-refractivity contribution in [3.63, 3.8) is 0 Å². The van der Waals surface area contributed by atoms with E-state index in [4.69, 9.17) is 27.8 Å². The van der Waals surface area contributed by atoms with Crippen molar-refractivity contribution in [2.24, 2.45) is 5.73 Å². The van der Waals surface area contributed by atoms with Crippen LogP contribution in [0, 0.1) is 11.3 Å². The molecular formula is C20H24ClN5O2. The first kappa shape index (κ1) is 20.1. The maximum absolute atomic E-state index is 12.7. The van der Waals surface area contributed by atoms with E-state index in [1.54, 1.807) is 17.6 Å². The number of nitriles is 1. The van der Waals surface area contributed by atoms with Gasteiger partial charge in [0.2, 0.25) is 0 Å². The Morgan fingerprint density at radius 2 is 2.18 bits per heavy atom. The quantitative estimate of drug-likeness (QED) is 0.745. The van der Waals surface area contributed by atoms with Gasteiger partial charge in [-0.1, -0.05) is 29.8 Å². The van der Waals surface area contributed by atoms with Crippen LogP contribution in [0.25, 0.3) is 0 Å². The Bertz CT molecular complexity index is 918. The minimum absolute atomic E-state index is 0.00350. The molecule has 28 heavy (non-hydrogen) atoms. The standard InChI is InChI=1S/C20H24ClN5O2/c1-2-28-20(27)18-17(24)15(10-22)19(25-9-5-7-14(23)12-25)26(18)11-13-6-3-4-8-16(13)21/h3-4,6,8,14H,2,5,7,9,11-12,23-24H2,1H3/t14-/m1/s1. The molecule has 1 atom stereocenters. The summed E-state index contributed by atoms with van der Waals surface area (Å²) in [6.07, 6.45) is 1.82. The van der Waals surface area contributed by atoms with Crippen molar-refractivity contribution in [3.05, 3.63) is 46.1 Å². The Hall–Kier alpha value is -2.69. The normalized spacial score (nSPS) is 16.6. The van der Waals surface area contributed by atoms with Crippen molar-refractivity contribution < 1.29 is 9.53 Å². The van der Waals surface area contributed by atoms with Crippen molar-refractivity contribution in [2.45, 2.75) is 32.4 Å². The highest BCUT2D eigenvalue weighted by Crippen LogP contribution is 2.35. The highest BCUT2D eigenvalue weighted by molar-refractivity contribution is 6.31. The Labute approximate surface area is 169 Å². The van der Waals surface area contributed by atoms with E-state index in [1.165, 1.54) is 0 Å². The number of hydrogen-bond donors (Lipinski definition) is 2. The lowest BCUT2D eigenvalue weighted by Crippen LogP contribution is -2.44. The van der Waals surface area contributed by atoms with Crippen LogP contribution < -0.4 is 16.4 Å². The zero-order valence-corrected chi connectivity index (χ0v) is 16.6. The first-order chi connectivity index (χ1) is 13.5. The van der Waals surface area contributed by atoms with E-state index in [2.05, 4.69) is 6.07 Å². The summed E-state index contributed by atoms with van der Waals surface area (Å²) >= 11 is 6.35. The van der Waals surface area contributed by atoms with E-state index in [1.807, 2.05) is 23.1 Å². The number of nitrogens with zero attached hydrogens (tertiary/aromatic N) is 3. The van der Waals surface area contributed by atoms with Gasteiger partial charge >= 0.3 is 5.97 Å². The monoisotopic (exact) mass is 401 g/mol. The van der Waals surface area contributed by atoms with Gasteiger partial charge in [-0.15, -0.1) is 0 Å². The molecule has 1 aromatic heterocycles. The molecule has 1 aliphatic heterocycles. The van der Waals surface area contributed by atoms with Crippen LogP contribution in [0.2, 0.25) is 5.02 Å². The van der Waals surface area contributed by atoms with Gasteiger partial charge in [-0.2, -0.15) is 5.26 Å². The molecule has 1 fully saturated rings. The Kier molecular flexibility index (Phi) is 6.12. The predicted octanol–water partition coefficient (Wildman–Crippen LogP) is 2.75. The van der Waals surface area contributed by atoms with Crippen LogP contribution >= 0.6 is 11.6 Å². The van der Waals surface area contributed by atoms with Gasteiger partial charge in [-0.3, -0.25) is 0 Å². The minimum atomic E-state index is -0.559. The average Bonchev–Trinajstić information content (AvgIpc) is 2.95. The molecule has 1 aromatic carbocycles. The van der Waals surface area contributed by atoms with Crippen LogP contribution in [0.4, 0.5) is 11.5 Å². The van der Waals surface area contributed by atoms with Gasteiger partial charge in [0.05, 0.1) is 18.8 Å². The third-order valence-corrected chi connectivity index (χ3v) is 5.27. The second kappa shape index (κ2) is 8.55. The first-order valence-corrected chi connectivity index (χ1v) is 9.68. The SMILES string of the molecule is CCOC(=O)c1c(N)c(C#N)c(N2CCC[C@@H](N)C2)n1Cc1ccccc1Cl. The summed E-state index contributed by atoms with van der Waals surface area (Å²) in [6, 6.07) is 9.54. The fraction of sp³-hybridized carbons (Fsp3) is 0.400. The van der Waals surface area contributed by atoms with E-state index >= 15 is 0 Å². The van der Waals surface area contributed by atoms with Gasteiger partial charge < -0.3 is 25.7 Å². The molecule has 0 unspecified atom stereocenters. The van der Waals surface area contributed by atoms with Crippen LogP contribution in [0.5, 0.6) is 0 Å². The lowest BCUT2D eigenvalue weighted by Gasteiger charge is -2.33. The number of nitrogen functional groups attached to an aromatic ring is 1. The summed E-state index contributed by atoms with van der Waals surface area (Å²) in [5.74, 6) is 0.0363. The number of nitrogens with two attached hydrogens (primary N) is 2. The van der Waals surface area contributed by atoms with Crippen LogP contribution in [-0.2, 0) is 11.3 Å². The molecule has 1 saturated heterocycles. The van der Waals surface area contributed by atoms with E-state index in [9.17, 15) is 10.1 Å². The van der Waals surface area contributed by atoms with E-state index in [0.717, 1.165) is 24.9 Å². The molecule has 3 rings (SSSR count). The number of benzene rings is 1. The second-order valence-electron chi connectivity index (χ2n) is 6.82. The number of halogens is 1. The maximum atomic E-state index is 12.7. The highest BCUT2D eigenvalue weighted by atomic mass is 35.5. The number of ether oxygens (including phenoxy) is 1. The number of aromatic nitrogens is 1. The molecule has 8 heteroatoms. The molecule has 2 aromatic rings. The predicted molar refractivity (Wildman–Crippen MR) is 109 cm³/mol. The molecule has 148 valence electrons. The third kappa shape index (κ3) is 3.79. The second-order valence-corrected chi connectivity index (χ2v) is 7.23. The van der Waals surface area contributed by atoms with Gasteiger partial charge in [0.25, 0.3) is 0 Å². The molecule has 7 nitrogen and oxygen atoms in total. The number of piperidine rings is 1. The number of esters is 1. The summed E-state index contributed by atoms with van der Waals surface area (Å²) in [7, 11) is 0. The molecule has 0 aliphatic carbocycles. The maximum Gasteiger partial charge on any atom is 0.357 e. The third-order valence-electron chi connectivity index (χ3n) is 4.90. The van der Waals surface area contributed by atoms with Crippen molar-refractivity contribution >= 4 is 29.1 Å². The van der Waals surface area contributed by atoms with Crippen molar-refractivity contribution in [2.75, 3.05) is 30.3 Å². The average molecular weight is 402 g/mol. The molecule has 0 bridgehead atoms. The smallest absolute Gasteiger partial charge is 0.357 e. The molecule has 0 saturated carbocycles. The Morgan fingerprint density at radius 1 is 1.43 bits per heavy atom. The molecule has 2 heterocycles. The zero-order chi connectivity index (χ0) is 20.3.